The molecule has 0 saturated carbocycles. The van der Waals surface area contributed by atoms with Crippen LogP contribution < -0.4 is 9.64 Å². The molecule has 1 atom stereocenters. The topological polar surface area (TPSA) is 62.0 Å². The van der Waals surface area contributed by atoms with E-state index in [-0.39, 0.29) is 12.4 Å². The molecule has 0 radical (unpaired) electrons. The second kappa shape index (κ2) is 9.89. The second-order valence-corrected chi connectivity index (χ2v) is 8.25. The van der Waals surface area contributed by atoms with Gasteiger partial charge in [0.05, 0.1) is 17.1 Å². The SMILES string of the molecule is Cc1cc(N2CCC(c3ccccn3)C2)c2ccc(OCc3ccc(C#N)cc3)cc2n1.Cl. The zero-order valence-electron chi connectivity index (χ0n) is 18.4. The van der Waals surface area contributed by atoms with Crippen molar-refractivity contribution in [1.82, 2.24) is 9.97 Å². The average molecular weight is 457 g/mol. The highest BCUT2D eigenvalue weighted by Gasteiger charge is 2.26. The lowest BCUT2D eigenvalue weighted by molar-refractivity contribution is 0.306. The number of aromatic nitrogens is 2. The van der Waals surface area contributed by atoms with Gasteiger partial charge in [0.2, 0.25) is 0 Å². The number of ether oxygens (including phenoxy) is 1. The number of benzene rings is 2. The van der Waals surface area contributed by atoms with Crippen molar-refractivity contribution in [3.63, 3.8) is 0 Å². The van der Waals surface area contributed by atoms with Gasteiger partial charge in [-0.15, -0.1) is 12.4 Å². The van der Waals surface area contributed by atoms with Crippen LogP contribution in [0.3, 0.4) is 0 Å². The Morgan fingerprint density at radius 2 is 1.94 bits per heavy atom. The first-order chi connectivity index (χ1) is 15.7. The van der Waals surface area contributed by atoms with E-state index in [2.05, 4.69) is 40.2 Å². The standard InChI is InChI=1S/C27H24N4O.ClH/c1-19-14-27(31-13-11-22(17-31)25-4-2-3-12-29-25)24-10-9-23(15-26(24)30-19)32-18-21-7-5-20(16-28)6-8-21;/h2-10,12,14-15,22H,11,13,17-18H2,1H3;1H. The molecule has 2 aromatic carbocycles. The van der Waals surface area contributed by atoms with Crippen molar-refractivity contribution in [2.24, 2.45) is 0 Å². The number of hydrogen-bond donors (Lipinski definition) is 0. The predicted octanol–water partition coefficient (Wildman–Crippen LogP) is 5.80. The summed E-state index contributed by atoms with van der Waals surface area (Å²) in [6.45, 7) is 4.47. The first-order valence-electron chi connectivity index (χ1n) is 10.9. The molecule has 2 aromatic heterocycles. The number of pyridine rings is 2. The highest BCUT2D eigenvalue weighted by molar-refractivity contribution is 5.93. The Bertz CT molecular complexity index is 1290. The van der Waals surface area contributed by atoms with Crippen molar-refractivity contribution >= 4 is 29.0 Å². The summed E-state index contributed by atoms with van der Waals surface area (Å²) in [6, 6.07) is 24.1. The lowest BCUT2D eigenvalue weighted by atomic mass is 10.0. The third-order valence-corrected chi connectivity index (χ3v) is 6.01. The Morgan fingerprint density at radius 1 is 1.09 bits per heavy atom. The van der Waals surface area contributed by atoms with Gasteiger partial charge in [-0.1, -0.05) is 18.2 Å². The van der Waals surface area contributed by atoms with Gasteiger partial charge in [-0.3, -0.25) is 9.97 Å². The van der Waals surface area contributed by atoms with Crippen LogP contribution in [0.2, 0.25) is 0 Å². The summed E-state index contributed by atoms with van der Waals surface area (Å²) in [6.07, 6.45) is 2.98. The van der Waals surface area contributed by atoms with Crippen LogP contribution >= 0.6 is 12.4 Å². The van der Waals surface area contributed by atoms with Gasteiger partial charge < -0.3 is 9.64 Å². The first-order valence-corrected chi connectivity index (χ1v) is 10.9. The fraction of sp³-hybridized carbons (Fsp3) is 0.222. The van der Waals surface area contributed by atoms with Crippen LogP contribution in [0.5, 0.6) is 5.75 Å². The van der Waals surface area contributed by atoms with Crippen molar-refractivity contribution in [3.05, 3.63) is 95.4 Å². The Morgan fingerprint density at radius 3 is 2.70 bits per heavy atom. The minimum Gasteiger partial charge on any atom is -0.489 e. The molecule has 1 unspecified atom stereocenters. The van der Waals surface area contributed by atoms with Crippen LogP contribution in [0, 0.1) is 18.3 Å². The lowest BCUT2D eigenvalue weighted by Gasteiger charge is -2.21. The summed E-state index contributed by atoms with van der Waals surface area (Å²) in [5, 5.41) is 10.1. The van der Waals surface area contributed by atoms with Crippen LogP contribution in [0.25, 0.3) is 10.9 Å². The molecule has 1 saturated heterocycles. The molecule has 0 N–H and O–H groups in total. The predicted molar refractivity (Wildman–Crippen MR) is 133 cm³/mol. The van der Waals surface area contributed by atoms with E-state index in [1.807, 2.05) is 55.6 Å². The van der Waals surface area contributed by atoms with Crippen molar-refractivity contribution in [2.45, 2.75) is 25.9 Å². The molecule has 0 aliphatic carbocycles. The third kappa shape index (κ3) is 4.92. The van der Waals surface area contributed by atoms with Crippen molar-refractivity contribution in [2.75, 3.05) is 18.0 Å². The largest absolute Gasteiger partial charge is 0.489 e. The fourth-order valence-corrected chi connectivity index (χ4v) is 4.35. The molecular formula is C27H25ClN4O. The van der Waals surface area contributed by atoms with Crippen LogP contribution in [0.4, 0.5) is 5.69 Å². The van der Waals surface area contributed by atoms with Gasteiger partial charge in [-0.2, -0.15) is 5.26 Å². The van der Waals surface area contributed by atoms with E-state index < -0.39 is 0 Å². The Labute approximate surface area is 200 Å². The van der Waals surface area contributed by atoms with Gasteiger partial charge >= 0.3 is 0 Å². The maximum Gasteiger partial charge on any atom is 0.122 e. The number of anilines is 1. The maximum absolute atomic E-state index is 8.94. The number of fused-ring (bicyclic) bond motifs is 1. The van der Waals surface area contributed by atoms with Crippen molar-refractivity contribution in [1.29, 1.82) is 5.26 Å². The second-order valence-electron chi connectivity index (χ2n) is 8.25. The lowest BCUT2D eigenvalue weighted by Crippen LogP contribution is -2.20. The van der Waals surface area contributed by atoms with Gasteiger partial charge in [0, 0.05) is 53.7 Å². The summed E-state index contributed by atoms with van der Waals surface area (Å²) >= 11 is 0. The molecule has 5 nitrogen and oxygen atoms in total. The van der Waals surface area contributed by atoms with Crippen LogP contribution in [-0.2, 0) is 6.61 Å². The van der Waals surface area contributed by atoms with E-state index >= 15 is 0 Å². The number of aryl methyl sites for hydroxylation is 1. The van der Waals surface area contributed by atoms with Crippen LogP contribution in [0.15, 0.2) is 72.9 Å². The zero-order chi connectivity index (χ0) is 21.9. The van der Waals surface area contributed by atoms with Gasteiger partial charge in [0.15, 0.2) is 0 Å². The highest BCUT2D eigenvalue weighted by atomic mass is 35.5. The molecule has 0 spiro atoms. The monoisotopic (exact) mass is 456 g/mol. The van der Waals surface area contributed by atoms with Gasteiger partial charge in [0.25, 0.3) is 0 Å². The number of hydrogen-bond acceptors (Lipinski definition) is 5. The minimum atomic E-state index is 0. The number of halogens is 1. The van der Waals surface area contributed by atoms with Crippen molar-refractivity contribution < 1.29 is 4.74 Å². The average Bonchev–Trinajstić information content (AvgIpc) is 3.33. The van der Waals surface area contributed by atoms with Crippen LogP contribution in [0.1, 0.15) is 34.9 Å². The summed E-state index contributed by atoms with van der Waals surface area (Å²) in [5.41, 5.74) is 6.02. The number of nitrogens with zero attached hydrogens (tertiary/aromatic N) is 4. The minimum absolute atomic E-state index is 0. The fourth-order valence-electron chi connectivity index (χ4n) is 4.35. The van der Waals surface area contributed by atoms with E-state index in [9.17, 15) is 0 Å². The molecule has 33 heavy (non-hydrogen) atoms. The molecule has 4 aromatic rings. The zero-order valence-corrected chi connectivity index (χ0v) is 19.3. The molecule has 5 rings (SSSR count). The van der Waals surface area contributed by atoms with E-state index in [1.54, 1.807) is 0 Å². The Kier molecular flexibility index (Phi) is 6.76. The summed E-state index contributed by atoms with van der Waals surface area (Å²) in [7, 11) is 0. The quantitative estimate of drug-likeness (QED) is 0.379. The van der Waals surface area contributed by atoms with E-state index in [1.165, 1.54) is 11.4 Å². The summed E-state index contributed by atoms with van der Waals surface area (Å²) in [4.78, 5) is 11.8. The first kappa shape index (κ1) is 22.6. The van der Waals surface area contributed by atoms with E-state index in [0.717, 1.165) is 47.4 Å². The molecule has 1 fully saturated rings. The third-order valence-electron chi connectivity index (χ3n) is 6.01. The number of nitriles is 1. The Balaban J connectivity index is 0.00000259. The number of rotatable bonds is 5. The molecule has 0 bridgehead atoms. The molecule has 166 valence electrons. The maximum atomic E-state index is 8.94. The molecule has 1 aliphatic rings. The summed E-state index contributed by atoms with van der Waals surface area (Å²) < 4.78 is 6.01. The molecule has 0 amide bonds. The Hall–Kier alpha value is -3.62. The molecule has 3 heterocycles. The molecule has 6 heteroatoms. The summed E-state index contributed by atoms with van der Waals surface area (Å²) in [5.74, 6) is 1.24. The van der Waals surface area contributed by atoms with Crippen LogP contribution in [-0.4, -0.2) is 23.1 Å². The van der Waals surface area contributed by atoms with Crippen molar-refractivity contribution in [3.8, 4) is 11.8 Å². The smallest absolute Gasteiger partial charge is 0.122 e. The highest BCUT2D eigenvalue weighted by Crippen LogP contribution is 2.35. The van der Waals surface area contributed by atoms with Gasteiger partial charge in [-0.25, -0.2) is 0 Å². The van der Waals surface area contributed by atoms with Gasteiger partial charge in [-0.05, 0) is 61.4 Å². The normalized spacial score (nSPS) is 15.2. The molecule has 1 aliphatic heterocycles. The van der Waals surface area contributed by atoms with Gasteiger partial charge in [0.1, 0.15) is 12.4 Å². The van der Waals surface area contributed by atoms with E-state index in [0.29, 0.717) is 18.1 Å². The van der Waals surface area contributed by atoms with E-state index in [4.69, 9.17) is 15.0 Å². The molecular weight excluding hydrogens is 432 g/mol.